The van der Waals surface area contributed by atoms with Gasteiger partial charge in [0.15, 0.2) is 0 Å². The van der Waals surface area contributed by atoms with Crippen LogP contribution >= 0.6 is 0 Å². The van der Waals surface area contributed by atoms with Gasteiger partial charge in [0.25, 0.3) is 0 Å². The molecule has 0 spiro atoms. The van der Waals surface area contributed by atoms with E-state index in [4.69, 9.17) is 0 Å². The minimum absolute atomic E-state index is 0.291. The average Bonchev–Trinajstić information content (AvgIpc) is 3.09. The van der Waals surface area contributed by atoms with Crippen molar-refractivity contribution in [2.24, 2.45) is 0 Å². The highest BCUT2D eigenvalue weighted by Crippen LogP contribution is 2.17. The van der Waals surface area contributed by atoms with E-state index in [1.54, 1.807) is 18.3 Å². The summed E-state index contributed by atoms with van der Waals surface area (Å²) in [6.07, 6.45) is 4.20. The second-order valence-electron chi connectivity index (χ2n) is 6.83. The molecule has 1 heterocycles. The standard InChI is InChI=1S/C21H25N3O2S/c1-17(2)19-8-10-20(11-9-19)27(25,26)23-13-12-21-22-14-15-24(21)16-18-6-4-3-5-7-18/h3-11,14-15,17,23H,12-13,16H2,1-2H3. The number of aromatic nitrogens is 2. The van der Waals surface area contributed by atoms with E-state index in [0.29, 0.717) is 23.8 Å². The van der Waals surface area contributed by atoms with Crippen LogP contribution in [0.4, 0.5) is 0 Å². The first kappa shape index (κ1) is 19.3. The second kappa shape index (κ2) is 8.50. The third-order valence-corrected chi connectivity index (χ3v) is 5.97. The third kappa shape index (κ3) is 5.05. The van der Waals surface area contributed by atoms with Crippen molar-refractivity contribution < 1.29 is 8.42 Å². The molecule has 0 fully saturated rings. The number of rotatable bonds is 8. The summed E-state index contributed by atoms with van der Waals surface area (Å²) in [5.74, 6) is 1.23. The molecule has 0 aliphatic carbocycles. The van der Waals surface area contributed by atoms with Crippen molar-refractivity contribution in [1.29, 1.82) is 0 Å². The summed E-state index contributed by atoms with van der Waals surface area (Å²) in [5, 5.41) is 0. The molecule has 0 atom stereocenters. The van der Waals surface area contributed by atoms with Gasteiger partial charge in [-0.1, -0.05) is 56.3 Å². The molecule has 0 unspecified atom stereocenters. The molecule has 142 valence electrons. The molecule has 0 saturated carbocycles. The summed E-state index contributed by atoms with van der Waals surface area (Å²) in [7, 11) is -3.51. The van der Waals surface area contributed by atoms with Crippen LogP contribution in [0.2, 0.25) is 0 Å². The van der Waals surface area contributed by atoms with Crippen LogP contribution in [0, 0.1) is 0 Å². The predicted molar refractivity (Wildman–Crippen MR) is 107 cm³/mol. The smallest absolute Gasteiger partial charge is 0.240 e. The van der Waals surface area contributed by atoms with E-state index < -0.39 is 10.0 Å². The first-order valence-corrected chi connectivity index (χ1v) is 10.6. The van der Waals surface area contributed by atoms with Crippen molar-refractivity contribution in [3.63, 3.8) is 0 Å². The summed E-state index contributed by atoms with van der Waals surface area (Å²) in [6, 6.07) is 17.2. The van der Waals surface area contributed by atoms with Gasteiger partial charge >= 0.3 is 0 Å². The lowest BCUT2D eigenvalue weighted by atomic mass is 10.0. The van der Waals surface area contributed by atoms with Crippen LogP contribution in [0.25, 0.3) is 0 Å². The highest BCUT2D eigenvalue weighted by molar-refractivity contribution is 7.89. The number of hydrogen-bond acceptors (Lipinski definition) is 3. The maximum atomic E-state index is 12.5. The first-order chi connectivity index (χ1) is 13.0. The van der Waals surface area contributed by atoms with Crippen LogP contribution in [0.1, 0.15) is 36.7 Å². The zero-order valence-corrected chi connectivity index (χ0v) is 16.5. The molecule has 2 aromatic carbocycles. The fraction of sp³-hybridized carbons (Fsp3) is 0.286. The van der Waals surface area contributed by atoms with Gasteiger partial charge in [0.1, 0.15) is 5.82 Å². The van der Waals surface area contributed by atoms with Crippen LogP contribution < -0.4 is 4.72 Å². The first-order valence-electron chi connectivity index (χ1n) is 9.09. The van der Waals surface area contributed by atoms with Crippen molar-refractivity contribution in [3.8, 4) is 0 Å². The number of sulfonamides is 1. The summed E-state index contributed by atoms with van der Waals surface area (Å²) in [4.78, 5) is 4.66. The average molecular weight is 384 g/mol. The Morgan fingerprint density at radius 1 is 1.04 bits per heavy atom. The SMILES string of the molecule is CC(C)c1ccc(S(=O)(=O)NCCc2nccn2Cc2ccccc2)cc1. The van der Waals surface area contributed by atoms with Gasteiger partial charge < -0.3 is 4.57 Å². The minimum atomic E-state index is -3.51. The maximum Gasteiger partial charge on any atom is 0.240 e. The van der Waals surface area contributed by atoms with E-state index in [0.717, 1.165) is 17.9 Å². The number of hydrogen-bond donors (Lipinski definition) is 1. The largest absolute Gasteiger partial charge is 0.330 e. The monoisotopic (exact) mass is 383 g/mol. The minimum Gasteiger partial charge on any atom is -0.330 e. The molecule has 1 N–H and O–H groups in total. The Morgan fingerprint density at radius 2 is 1.74 bits per heavy atom. The number of nitrogens with zero attached hydrogens (tertiary/aromatic N) is 2. The van der Waals surface area contributed by atoms with Gasteiger partial charge in [-0.05, 0) is 29.2 Å². The lowest BCUT2D eigenvalue weighted by Crippen LogP contribution is -2.26. The normalized spacial score (nSPS) is 11.8. The molecular formula is C21H25N3O2S. The molecule has 5 nitrogen and oxygen atoms in total. The Morgan fingerprint density at radius 3 is 2.41 bits per heavy atom. The van der Waals surface area contributed by atoms with Crippen molar-refractivity contribution in [3.05, 3.63) is 83.9 Å². The Balaban J connectivity index is 1.60. The zero-order chi connectivity index (χ0) is 19.3. The van der Waals surface area contributed by atoms with E-state index in [2.05, 4.69) is 35.7 Å². The Hall–Kier alpha value is -2.44. The van der Waals surface area contributed by atoms with Crippen molar-refractivity contribution in [2.75, 3.05) is 6.54 Å². The van der Waals surface area contributed by atoms with Gasteiger partial charge in [-0.25, -0.2) is 18.1 Å². The second-order valence-corrected chi connectivity index (χ2v) is 8.60. The van der Waals surface area contributed by atoms with E-state index in [9.17, 15) is 8.42 Å². The van der Waals surface area contributed by atoms with Crippen molar-refractivity contribution in [2.45, 2.75) is 37.6 Å². The molecule has 3 rings (SSSR count). The maximum absolute atomic E-state index is 12.5. The molecule has 0 bridgehead atoms. The van der Waals surface area contributed by atoms with Crippen molar-refractivity contribution in [1.82, 2.24) is 14.3 Å². The molecule has 0 amide bonds. The molecule has 0 radical (unpaired) electrons. The molecule has 3 aromatic rings. The van der Waals surface area contributed by atoms with E-state index in [-0.39, 0.29) is 0 Å². The number of benzene rings is 2. The molecule has 27 heavy (non-hydrogen) atoms. The van der Waals surface area contributed by atoms with Crippen LogP contribution in [-0.2, 0) is 23.0 Å². The molecule has 6 heteroatoms. The van der Waals surface area contributed by atoms with Gasteiger partial charge in [-0.15, -0.1) is 0 Å². The summed E-state index contributed by atoms with van der Waals surface area (Å²) in [5.41, 5.74) is 2.31. The van der Waals surface area contributed by atoms with E-state index in [1.807, 2.05) is 41.1 Å². The van der Waals surface area contributed by atoms with E-state index >= 15 is 0 Å². The number of nitrogens with one attached hydrogen (secondary N) is 1. The van der Waals surface area contributed by atoms with Gasteiger partial charge in [0.2, 0.25) is 10.0 Å². The summed E-state index contributed by atoms with van der Waals surface area (Å²) < 4.78 is 29.7. The lowest BCUT2D eigenvalue weighted by molar-refractivity contribution is 0.579. The van der Waals surface area contributed by atoms with E-state index in [1.165, 1.54) is 5.56 Å². The fourth-order valence-electron chi connectivity index (χ4n) is 2.90. The molecular weight excluding hydrogens is 358 g/mol. The highest BCUT2D eigenvalue weighted by atomic mass is 32.2. The molecule has 0 saturated heterocycles. The zero-order valence-electron chi connectivity index (χ0n) is 15.7. The number of imidazole rings is 1. The van der Waals surface area contributed by atoms with Gasteiger partial charge in [-0.2, -0.15) is 0 Å². The molecule has 0 aliphatic rings. The predicted octanol–water partition coefficient (Wildman–Crippen LogP) is 3.58. The topological polar surface area (TPSA) is 64.0 Å². The Kier molecular flexibility index (Phi) is 6.08. The molecule has 0 aliphatic heterocycles. The summed E-state index contributed by atoms with van der Waals surface area (Å²) in [6.45, 7) is 5.19. The highest BCUT2D eigenvalue weighted by Gasteiger charge is 2.14. The van der Waals surface area contributed by atoms with Gasteiger partial charge in [-0.3, -0.25) is 0 Å². The summed E-state index contributed by atoms with van der Waals surface area (Å²) >= 11 is 0. The Bertz CT molecular complexity index is 962. The van der Waals surface area contributed by atoms with Crippen LogP contribution in [0.15, 0.2) is 71.9 Å². The third-order valence-electron chi connectivity index (χ3n) is 4.50. The Labute approximate surface area is 161 Å². The van der Waals surface area contributed by atoms with Crippen LogP contribution in [-0.4, -0.2) is 24.5 Å². The molecule has 1 aromatic heterocycles. The van der Waals surface area contributed by atoms with Gasteiger partial charge in [0, 0.05) is 31.9 Å². The fourth-order valence-corrected chi connectivity index (χ4v) is 3.94. The van der Waals surface area contributed by atoms with Crippen LogP contribution in [0.5, 0.6) is 0 Å². The van der Waals surface area contributed by atoms with Crippen molar-refractivity contribution >= 4 is 10.0 Å². The quantitative estimate of drug-likeness (QED) is 0.647. The van der Waals surface area contributed by atoms with Gasteiger partial charge in [0.05, 0.1) is 4.90 Å². The van der Waals surface area contributed by atoms with Crippen LogP contribution in [0.3, 0.4) is 0 Å². The lowest BCUT2D eigenvalue weighted by Gasteiger charge is -2.10.